The molecule has 1 saturated heterocycles. The number of hydrogen-bond donors (Lipinski definition) is 1. The van der Waals surface area contributed by atoms with Crippen LogP contribution in [0.1, 0.15) is 49.1 Å². The molecule has 2 heterocycles. The Morgan fingerprint density at radius 1 is 1.16 bits per heavy atom. The van der Waals surface area contributed by atoms with E-state index in [9.17, 15) is 9.59 Å². The highest BCUT2D eigenvalue weighted by molar-refractivity contribution is 5.95. The second-order valence-electron chi connectivity index (χ2n) is 8.06. The third-order valence-electron chi connectivity index (χ3n) is 4.50. The third-order valence-corrected chi connectivity index (χ3v) is 4.50. The molecule has 140 valence electrons. The first-order valence-electron chi connectivity index (χ1n) is 9.01. The minimum atomic E-state index is 0.0172. The minimum absolute atomic E-state index is 0.0172. The summed E-state index contributed by atoms with van der Waals surface area (Å²) in [4.78, 5) is 28.5. The van der Waals surface area contributed by atoms with Gasteiger partial charge in [-0.15, -0.1) is 0 Å². The average molecular weight is 349 g/mol. The van der Waals surface area contributed by atoms with Gasteiger partial charge < -0.3 is 14.6 Å². The van der Waals surface area contributed by atoms with Crippen LogP contribution in [0.15, 0.2) is 10.5 Å². The van der Waals surface area contributed by atoms with Crippen LogP contribution in [-0.4, -0.2) is 60.9 Å². The first kappa shape index (κ1) is 19.5. The van der Waals surface area contributed by atoms with Crippen LogP contribution in [0.25, 0.3) is 0 Å². The molecule has 1 fully saturated rings. The van der Waals surface area contributed by atoms with Crippen LogP contribution in [0.2, 0.25) is 0 Å². The Morgan fingerprint density at radius 3 is 2.32 bits per heavy atom. The maximum atomic E-state index is 12.6. The van der Waals surface area contributed by atoms with Gasteiger partial charge >= 0.3 is 0 Å². The van der Waals surface area contributed by atoms with E-state index >= 15 is 0 Å². The normalized spacial score (nSPS) is 16.1. The van der Waals surface area contributed by atoms with Gasteiger partial charge in [-0.2, -0.15) is 0 Å². The first-order valence-corrected chi connectivity index (χ1v) is 9.01. The summed E-state index contributed by atoms with van der Waals surface area (Å²) in [6, 6.07) is 1.80. The number of aryl methyl sites for hydroxylation is 2. The molecule has 1 aliphatic heterocycles. The van der Waals surface area contributed by atoms with E-state index in [0.717, 1.165) is 12.2 Å². The summed E-state index contributed by atoms with van der Waals surface area (Å²) >= 11 is 0. The van der Waals surface area contributed by atoms with Crippen LogP contribution in [0.4, 0.5) is 0 Å². The van der Waals surface area contributed by atoms with Crippen molar-refractivity contribution in [2.75, 3.05) is 39.3 Å². The Morgan fingerprint density at radius 2 is 1.80 bits per heavy atom. The number of carbonyl (C=O) groups is 2. The van der Waals surface area contributed by atoms with Gasteiger partial charge in [-0.1, -0.05) is 20.8 Å². The predicted octanol–water partition coefficient (Wildman–Crippen LogP) is 2.21. The van der Waals surface area contributed by atoms with Crippen LogP contribution in [0.5, 0.6) is 0 Å². The highest BCUT2D eigenvalue weighted by Gasteiger charge is 2.25. The Kier molecular flexibility index (Phi) is 6.27. The van der Waals surface area contributed by atoms with E-state index < -0.39 is 0 Å². The fourth-order valence-electron chi connectivity index (χ4n) is 2.96. The van der Waals surface area contributed by atoms with Crippen molar-refractivity contribution < 1.29 is 14.0 Å². The van der Waals surface area contributed by atoms with Gasteiger partial charge in [0.1, 0.15) is 11.5 Å². The molecular formula is C19H31N3O3. The molecule has 0 spiro atoms. The molecule has 6 nitrogen and oxygen atoms in total. The van der Waals surface area contributed by atoms with Crippen molar-refractivity contribution in [3.8, 4) is 0 Å². The van der Waals surface area contributed by atoms with E-state index in [1.54, 1.807) is 6.07 Å². The van der Waals surface area contributed by atoms with Crippen molar-refractivity contribution in [1.82, 2.24) is 15.1 Å². The van der Waals surface area contributed by atoms with E-state index in [4.69, 9.17) is 4.42 Å². The molecule has 0 radical (unpaired) electrons. The molecule has 0 bridgehead atoms. The maximum absolute atomic E-state index is 12.6. The molecule has 2 rings (SSSR count). The van der Waals surface area contributed by atoms with E-state index in [0.29, 0.717) is 50.6 Å². The quantitative estimate of drug-likeness (QED) is 0.885. The molecular weight excluding hydrogens is 318 g/mol. The number of carbonyl (C=O) groups excluding carboxylic acids is 2. The fraction of sp³-hybridized carbons (Fsp3) is 0.684. The number of piperazine rings is 1. The lowest BCUT2D eigenvalue weighted by molar-refractivity contribution is -0.122. The average Bonchev–Trinajstić information content (AvgIpc) is 2.84. The fourth-order valence-corrected chi connectivity index (χ4v) is 2.96. The maximum Gasteiger partial charge on any atom is 0.257 e. The summed E-state index contributed by atoms with van der Waals surface area (Å²) in [5, 5.41) is 2.98. The highest BCUT2D eigenvalue weighted by Crippen LogP contribution is 2.18. The summed E-state index contributed by atoms with van der Waals surface area (Å²) in [5.74, 6) is 1.50. The van der Waals surface area contributed by atoms with Crippen molar-refractivity contribution in [2.45, 2.75) is 41.0 Å². The predicted molar refractivity (Wildman–Crippen MR) is 97.6 cm³/mol. The number of nitrogens with zero attached hydrogens (tertiary/aromatic N) is 2. The molecule has 1 aromatic rings. The lowest BCUT2D eigenvalue weighted by Gasteiger charge is -2.34. The number of nitrogens with one attached hydrogen (secondary N) is 1. The number of rotatable bonds is 5. The van der Waals surface area contributed by atoms with E-state index in [2.05, 4.69) is 31.0 Å². The molecule has 1 aliphatic rings. The lowest BCUT2D eigenvalue weighted by atomic mass is 9.92. The van der Waals surface area contributed by atoms with Crippen LogP contribution in [-0.2, 0) is 4.79 Å². The van der Waals surface area contributed by atoms with Gasteiger partial charge in [0.05, 0.1) is 12.1 Å². The Bertz CT molecular complexity index is 608. The molecule has 6 heteroatoms. The monoisotopic (exact) mass is 349 g/mol. The summed E-state index contributed by atoms with van der Waals surface area (Å²) in [5.41, 5.74) is 0.869. The van der Waals surface area contributed by atoms with Gasteiger partial charge in [0.25, 0.3) is 5.91 Å². The van der Waals surface area contributed by atoms with Crippen molar-refractivity contribution in [1.29, 1.82) is 0 Å². The largest absolute Gasteiger partial charge is 0.466 e. The van der Waals surface area contributed by atoms with E-state index in [1.807, 2.05) is 18.7 Å². The topological polar surface area (TPSA) is 65.8 Å². The van der Waals surface area contributed by atoms with Crippen LogP contribution >= 0.6 is 0 Å². The summed E-state index contributed by atoms with van der Waals surface area (Å²) < 4.78 is 5.45. The zero-order valence-electron chi connectivity index (χ0n) is 16.1. The van der Waals surface area contributed by atoms with Crippen molar-refractivity contribution in [3.05, 3.63) is 23.2 Å². The van der Waals surface area contributed by atoms with Gasteiger partial charge in [-0.05, 0) is 31.7 Å². The van der Waals surface area contributed by atoms with E-state index in [-0.39, 0.29) is 17.2 Å². The van der Waals surface area contributed by atoms with Crippen molar-refractivity contribution >= 4 is 11.8 Å². The third kappa shape index (κ3) is 5.88. The second kappa shape index (κ2) is 8.04. The molecule has 0 aliphatic carbocycles. The Labute approximate surface area is 150 Å². The van der Waals surface area contributed by atoms with Crippen LogP contribution in [0.3, 0.4) is 0 Å². The van der Waals surface area contributed by atoms with Gasteiger partial charge in [0, 0.05) is 32.7 Å². The van der Waals surface area contributed by atoms with Crippen LogP contribution in [0, 0.1) is 19.3 Å². The van der Waals surface area contributed by atoms with Gasteiger partial charge in [-0.3, -0.25) is 14.5 Å². The number of furan rings is 1. The molecule has 0 atom stereocenters. The minimum Gasteiger partial charge on any atom is -0.466 e. The summed E-state index contributed by atoms with van der Waals surface area (Å²) in [7, 11) is 0. The molecule has 25 heavy (non-hydrogen) atoms. The first-order chi connectivity index (χ1) is 11.7. The molecule has 1 N–H and O–H groups in total. The number of hydrogen-bond acceptors (Lipinski definition) is 4. The van der Waals surface area contributed by atoms with Gasteiger partial charge in [0.2, 0.25) is 5.91 Å². The Hall–Kier alpha value is -1.82. The Balaban J connectivity index is 1.75. The van der Waals surface area contributed by atoms with Gasteiger partial charge in [0.15, 0.2) is 0 Å². The standard InChI is InChI=1S/C19H31N3O3/c1-14-12-16(15(2)25-14)18(24)22-10-8-21(9-11-22)13-17(23)20-7-6-19(3,4)5/h12H,6-11,13H2,1-5H3,(H,20,23). The highest BCUT2D eigenvalue weighted by atomic mass is 16.3. The molecule has 1 aromatic heterocycles. The van der Waals surface area contributed by atoms with Gasteiger partial charge in [-0.25, -0.2) is 0 Å². The zero-order valence-corrected chi connectivity index (χ0v) is 16.1. The lowest BCUT2D eigenvalue weighted by Crippen LogP contribution is -2.51. The van der Waals surface area contributed by atoms with E-state index in [1.165, 1.54) is 0 Å². The molecule has 0 aromatic carbocycles. The van der Waals surface area contributed by atoms with Crippen molar-refractivity contribution in [2.24, 2.45) is 5.41 Å². The summed E-state index contributed by atoms with van der Waals surface area (Å²) in [6.45, 7) is 14.0. The SMILES string of the molecule is Cc1cc(C(=O)N2CCN(CC(=O)NCCC(C)(C)C)CC2)c(C)o1. The molecule has 0 unspecified atom stereocenters. The van der Waals surface area contributed by atoms with Crippen molar-refractivity contribution in [3.63, 3.8) is 0 Å². The molecule has 2 amide bonds. The van der Waals surface area contributed by atoms with Crippen LogP contribution < -0.4 is 5.32 Å². The zero-order chi connectivity index (χ0) is 18.6. The number of amides is 2. The second-order valence-corrected chi connectivity index (χ2v) is 8.06. The smallest absolute Gasteiger partial charge is 0.257 e. The molecule has 0 saturated carbocycles. The summed E-state index contributed by atoms with van der Waals surface area (Å²) in [6.07, 6.45) is 0.963.